The molecule has 1 N–H and O–H groups in total. The molecular weight excluding hydrogens is 322 g/mol. The van der Waals surface area contributed by atoms with E-state index in [0.29, 0.717) is 10.8 Å². The number of hydrogen-bond donors (Lipinski definition) is 1. The first kappa shape index (κ1) is 15.0. The lowest BCUT2D eigenvalue weighted by atomic mass is 10.1. The normalized spacial score (nSPS) is 10.8. The second kappa shape index (κ2) is 6.87. The van der Waals surface area contributed by atoms with Crippen molar-refractivity contribution in [3.8, 4) is 11.4 Å². The second-order valence-corrected chi connectivity index (χ2v) is 6.01. The molecule has 22 heavy (non-hydrogen) atoms. The Hall–Kier alpha value is -1.96. The number of aromatic nitrogens is 4. The van der Waals surface area contributed by atoms with Crippen molar-refractivity contribution in [2.75, 3.05) is 12.4 Å². The van der Waals surface area contributed by atoms with Gasteiger partial charge in [0.25, 0.3) is 0 Å². The van der Waals surface area contributed by atoms with E-state index >= 15 is 0 Å². The van der Waals surface area contributed by atoms with Crippen molar-refractivity contribution in [2.24, 2.45) is 0 Å². The first-order valence-electron chi connectivity index (χ1n) is 6.59. The number of rotatable bonds is 6. The summed E-state index contributed by atoms with van der Waals surface area (Å²) >= 11 is 7.82. The summed E-state index contributed by atoms with van der Waals surface area (Å²) < 4.78 is 6.70. The van der Waals surface area contributed by atoms with Gasteiger partial charge in [-0.1, -0.05) is 17.7 Å². The molecule has 3 rings (SSSR count). The van der Waals surface area contributed by atoms with Crippen molar-refractivity contribution in [1.29, 1.82) is 0 Å². The maximum Gasteiger partial charge on any atom is 0.186 e. The largest absolute Gasteiger partial charge is 0.380 e. The van der Waals surface area contributed by atoms with Gasteiger partial charge in [0.15, 0.2) is 5.82 Å². The molecule has 0 aliphatic rings. The number of hydrogen-bond acceptors (Lipinski definition) is 6. The molecule has 0 fully saturated rings. The fourth-order valence-corrected chi connectivity index (χ4v) is 2.88. The van der Waals surface area contributed by atoms with Crippen LogP contribution in [0.3, 0.4) is 0 Å². The molecule has 0 unspecified atom stereocenters. The van der Waals surface area contributed by atoms with Gasteiger partial charge < -0.3 is 10.1 Å². The molecule has 0 aliphatic heterocycles. The van der Waals surface area contributed by atoms with Crippen molar-refractivity contribution in [2.45, 2.75) is 13.3 Å². The first-order valence-corrected chi connectivity index (χ1v) is 7.85. The van der Waals surface area contributed by atoms with Crippen LogP contribution < -0.4 is 5.32 Å². The number of benzene rings is 1. The van der Waals surface area contributed by atoms with Crippen molar-refractivity contribution in [3.63, 3.8) is 0 Å². The molecule has 0 saturated heterocycles. The monoisotopic (exact) mass is 335 g/mol. The number of tetrazole rings is 1. The van der Waals surface area contributed by atoms with Gasteiger partial charge in [-0.25, -0.2) is 0 Å². The fourth-order valence-electron chi connectivity index (χ4n) is 2.06. The summed E-state index contributed by atoms with van der Waals surface area (Å²) in [5.74, 6) is 0.632. The van der Waals surface area contributed by atoms with Crippen LogP contribution in [0.15, 0.2) is 35.7 Å². The minimum absolute atomic E-state index is 0.287. The minimum Gasteiger partial charge on any atom is -0.380 e. The highest BCUT2D eigenvalue weighted by atomic mass is 35.5. The van der Waals surface area contributed by atoms with Gasteiger partial charge in [-0.05, 0) is 40.1 Å². The smallest absolute Gasteiger partial charge is 0.186 e. The molecule has 0 spiro atoms. The Kier molecular flexibility index (Phi) is 4.67. The Morgan fingerprint density at radius 1 is 1.36 bits per heavy atom. The van der Waals surface area contributed by atoms with Crippen LogP contribution >= 0.6 is 22.9 Å². The number of halogens is 1. The molecule has 114 valence electrons. The van der Waals surface area contributed by atoms with Crippen LogP contribution in [-0.2, 0) is 18.0 Å². The quantitative estimate of drug-likeness (QED) is 0.749. The van der Waals surface area contributed by atoms with Gasteiger partial charge in [-0.2, -0.15) is 4.68 Å². The zero-order valence-electron chi connectivity index (χ0n) is 11.9. The number of methoxy groups -OCH3 is 1. The standard InChI is InChI=1S/C14H14ClN5OS/c1-21-9-20-14(17-18-19-20)12-5-4-10(15)7-13(12)16-8-11-3-2-6-22-11/h2-7,16H,8-9H2,1H3. The molecule has 0 saturated carbocycles. The predicted molar refractivity (Wildman–Crippen MR) is 86.9 cm³/mol. The van der Waals surface area contributed by atoms with Crippen LogP contribution in [0.2, 0.25) is 5.02 Å². The number of thiophene rings is 1. The molecule has 3 aromatic rings. The Balaban J connectivity index is 1.91. The third-order valence-electron chi connectivity index (χ3n) is 3.04. The summed E-state index contributed by atoms with van der Waals surface area (Å²) in [6.07, 6.45) is 0. The highest BCUT2D eigenvalue weighted by molar-refractivity contribution is 7.09. The van der Waals surface area contributed by atoms with Crippen LogP contribution in [0.1, 0.15) is 4.88 Å². The van der Waals surface area contributed by atoms with Crippen LogP contribution in [0, 0.1) is 0 Å². The molecule has 0 aliphatic carbocycles. The maximum absolute atomic E-state index is 6.12. The summed E-state index contributed by atoms with van der Waals surface area (Å²) in [6, 6.07) is 9.70. The Morgan fingerprint density at radius 2 is 2.27 bits per heavy atom. The van der Waals surface area contributed by atoms with Gasteiger partial charge in [0.2, 0.25) is 0 Å². The lowest BCUT2D eigenvalue weighted by Crippen LogP contribution is -2.06. The number of nitrogens with zero attached hydrogens (tertiary/aromatic N) is 4. The highest BCUT2D eigenvalue weighted by Gasteiger charge is 2.13. The zero-order valence-corrected chi connectivity index (χ0v) is 13.4. The third-order valence-corrected chi connectivity index (χ3v) is 4.15. The van der Waals surface area contributed by atoms with E-state index < -0.39 is 0 Å². The molecule has 0 radical (unpaired) electrons. The molecule has 0 atom stereocenters. The Labute approximate surface area is 136 Å². The van der Waals surface area contributed by atoms with E-state index in [0.717, 1.165) is 17.8 Å². The van der Waals surface area contributed by atoms with Crippen LogP contribution in [0.4, 0.5) is 5.69 Å². The van der Waals surface area contributed by atoms with E-state index in [-0.39, 0.29) is 6.73 Å². The maximum atomic E-state index is 6.12. The number of anilines is 1. The molecule has 8 heteroatoms. The lowest BCUT2D eigenvalue weighted by molar-refractivity contribution is 0.120. The third kappa shape index (κ3) is 3.27. The number of ether oxygens (including phenoxy) is 1. The summed E-state index contributed by atoms with van der Waals surface area (Å²) in [6.45, 7) is 1.01. The van der Waals surface area contributed by atoms with Gasteiger partial charge in [-0.15, -0.1) is 16.4 Å². The first-order chi connectivity index (χ1) is 10.8. The van der Waals surface area contributed by atoms with E-state index in [4.69, 9.17) is 16.3 Å². The molecule has 6 nitrogen and oxygen atoms in total. The lowest BCUT2D eigenvalue weighted by Gasteiger charge is -2.12. The number of nitrogens with one attached hydrogen (secondary N) is 1. The molecule has 2 heterocycles. The molecule has 0 bridgehead atoms. The second-order valence-electron chi connectivity index (χ2n) is 4.54. The summed E-state index contributed by atoms with van der Waals surface area (Å²) in [4.78, 5) is 1.24. The summed E-state index contributed by atoms with van der Waals surface area (Å²) in [5.41, 5.74) is 1.76. The summed E-state index contributed by atoms with van der Waals surface area (Å²) in [5, 5.41) is 17.8. The average Bonchev–Trinajstić information content (AvgIpc) is 3.17. The van der Waals surface area contributed by atoms with Crippen LogP contribution in [0.5, 0.6) is 0 Å². The van der Waals surface area contributed by atoms with Crippen molar-refractivity contribution in [1.82, 2.24) is 20.2 Å². The Morgan fingerprint density at radius 3 is 3.05 bits per heavy atom. The molecule has 2 aromatic heterocycles. The van der Waals surface area contributed by atoms with Crippen molar-refractivity contribution in [3.05, 3.63) is 45.6 Å². The highest BCUT2D eigenvalue weighted by Crippen LogP contribution is 2.29. The average molecular weight is 336 g/mol. The Bertz CT molecular complexity index is 744. The zero-order chi connectivity index (χ0) is 15.4. The van der Waals surface area contributed by atoms with Gasteiger partial charge in [-0.3, -0.25) is 0 Å². The van der Waals surface area contributed by atoms with Gasteiger partial charge in [0, 0.05) is 34.8 Å². The topological polar surface area (TPSA) is 64.9 Å². The van der Waals surface area contributed by atoms with Gasteiger partial charge >= 0.3 is 0 Å². The van der Waals surface area contributed by atoms with Crippen LogP contribution in [0.25, 0.3) is 11.4 Å². The molecule has 1 aromatic carbocycles. The minimum atomic E-state index is 0.287. The molecular formula is C14H14ClN5OS. The van der Waals surface area contributed by atoms with Crippen molar-refractivity contribution >= 4 is 28.6 Å². The van der Waals surface area contributed by atoms with Gasteiger partial charge in [0.05, 0.1) is 0 Å². The fraction of sp³-hybridized carbons (Fsp3) is 0.214. The predicted octanol–water partition coefficient (Wildman–Crippen LogP) is 3.27. The van der Waals surface area contributed by atoms with Gasteiger partial charge in [0.1, 0.15) is 6.73 Å². The van der Waals surface area contributed by atoms with E-state index in [1.807, 2.05) is 24.3 Å². The van der Waals surface area contributed by atoms with E-state index in [1.165, 1.54) is 4.88 Å². The van der Waals surface area contributed by atoms with E-state index in [2.05, 4.69) is 32.3 Å². The molecule has 0 amide bonds. The summed E-state index contributed by atoms with van der Waals surface area (Å²) in [7, 11) is 1.60. The van der Waals surface area contributed by atoms with E-state index in [9.17, 15) is 0 Å². The SMILES string of the molecule is COCn1nnnc1-c1ccc(Cl)cc1NCc1cccs1. The van der Waals surface area contributed by atoms with Crippen molar-refractivity contribution < 1.29 is 4.74 Å². The van der Waals surface area contributed by atoms with E-state index in [1.54, 1.807) is 23.1 Å². The van der Waals surface area contributed by atoms with Crippen LogP contribution in [-0.4, -0.2) is 27.3 Å².